The van der Waals surface area contributed by atoms with E-state index in [0.717, 1.165) is 34.5 Å². The average molecular weight is 448 g/mol. The van der Waals surface area contributed by atoms with Crippen molar-refractivity contribution in [1.82, 2.24) is 0 Å². The monoisotopic (exact) mass is 447 g/mol. The fourth-order valence-corrected chi connectivity index (χ4v) is 3.23. The first kappa shape index (κ1) is 22.3. The van der Waals surface area contributed by atoms with E-state index in [-0.39, 0.29) is 5.91 Å². The second-order valence-corrected chi connectivity index (χ2v) is 7.59. The van der Waals surface area contributed by atoms with Crippen molar-refractivity contribution >= 4 is 27.5 Å². The van der Waals surface area contributed by atoms with Crippen LogP contribution in [-0.4, -0.2) is 19.1 Å². The van der Waals surface area contributed by atoms with Gasteiger partial charge >= 0.3 is 0 Å². The van der Waals surface area contributed by atoms with Gasteiger partial charge in [0.05, 0.1) is 17.7 Å². The topological polar surface area (TPSA) is 47.6 Å². The molecule has 1 N–H and O–H groups in total. The minimum atomic E-state index is -0.167. The zero-order valence-corrected chi connectivity index (χ0v) is 18.4. The van der Waals surface area contributed by atoms with Gasteiger partial charge in [-0.25, -0.2) is 0 Å². The van der Waals surface area contributed by atoms with Gasteiger partial charge in [0.2, 0.25) is 0 Å². The molecule has 0 fully saturated rings. The lowest BCUT2D eigenvalue weighted by Crippen LogP contribution is -2.12. The zero-order valence-electron chi connectivity index (χ0n) is 16.8. The van der Waals surface area contributed by atoms with Gasteiger partial charge in [-0.15, -0.1) is 0 Å². The van der Waals surface area contributed by atoms with Gasteiger partial charge in [0, 0.05) is 17.3 Å². The van der Waals surface area contributed by atoms with Crippen LogP contribution in [0.2, 0.25) is 0 Å². The highest BCUT2D eigenvalue weighted by Crippen LogP contribution is 2.27. The van der Waals surface area contributed by atoms with Crippen molar-refractivity contribution in [2.45, 2.75) is 52.4 Å². The third kappa shape index (κ3) is 7.55. The van der Waals surface area contributed by atoms with E-state index >= 15 is 0 Å². The zero-order chi connectivity index (χ0) is 20.2. The lowest BCUT2D eigenvalue weighted by molar-refractivity contribution is 0.102. The maximum Gasteiger partial charge on any atom is 0.255 e. The molecule has 0 radical (unpaired) electrons. The standard InChI is InChI=1S/C23H30BrNO3/c1-3-5-6-7-8-15-27-20-11-9-10-19(17-20)25-23(26)18-12-13-22(21(24)16-18)28-14-4-2/h9-13,16-17H,3-8,14-15H2,1-2H3,(H,25,26). The quantitative estimate of drug-likeness (QED) is 0.362. The van der Waals surface area contributed by atoms with E-state index in [2.05, 4.69) is 35.1 Å². The number of halogens is 1. The fourth-order valence-electron chi connectivity index (χ4n) is 2.73. The SMILES string of the molecule is CCCCCCCOc1cccc(NC(=O)c2ccc(OCCC)c(Br)c2)c1. The minimum Gasteiger partial charge on any atom is -0.494 e. The van der Waals surface area contributed by atoms with E-state index in [1.54, 1.807) is 12.1 Å². The molecule has 0 bridgehead atoms. The highest BCUT2D eigenvalue weighted by atomic mass is 79.9. The molecule has 0 aliphatic heterocycles. The molecule has 0 aromatic heterocycles. The maximum atomic E-state index is 12.6. The van der Waals surface area contributed by atoms with Crippen molar-refractivity contribution in [2.24, 2.45) is 0 Å². The van der Waals surface area contributed by atoms with Gasteiger partial charge in [0.1, 0.15) is 11.5 Å². The van der Waals surface area contributed by atoms with Crippen LogP contribution in [0.1, 0.15) is 62.7 Å². The first-order chi connectivity index (χ1) is 13.6. The molecule has 0 saturated carbocycles. The third-order valence-corrected chi connectivity index (χ3v) is 4.88. The van der Waals surface area contributed by atoms with Crippen LogP contribution in [0.15, 0.2) is 46.9 Å². The Morgan fingerprint density at radius 2 is 1.75 bits per heavy atom. The van der Waals surface area contributed by atoms with Gasteiger partial charge in [-0.1, -0.05) is 45.6 Å². The van der Waals surface area contributed by atoms with Crippen LogP contribution in [-0.2, 0) is 0 Å². The molecule has 2 rings (SSSR count). The summed E-state index contributed by atoms with van der Waals surface area (Å²) < 4.78 is 12.2. The van der Waals surface area contributed by atoms with E-state index in [4.69, 9.17) is 9.47 Å². The Morgan fingerprint density at radius 3 is 2.50 bits per heavy atom. The minimum absolute atomic E-state index is 0.167. The van der Waals surface area contributed by atoms with Crippen molar-refractivity contribution in [3.63, 3.8) is 0 Å². The summed E-state index contributed by atoms with van der Waals surface area (Å²) in [6.07, 6.45) is 6.96. The fraction of sp³-hybridized carbons (Fsp3) is 0.435. The van der Waals surface area contributed by atoms with Gasteiger partial charge < -0.3 is 14.8 Å². The molecule has 5 heteroatoms. The Balaban J connectivity index is 1.89. The number of carbonyl (C=O) groups is 1. The van der Waals surface area contributed by atoms with E-state index in [1.807, 2.05) is 30.3 Å². The number of unbranched alkanes of at least 4 members (excludes halogenated alkanes) is 4. The first-order valence-electron chi connectivity index (χ1n) is 10.1. The summed E-state index contributed by atoms with van der Waals surface area (Å²) in [5.74, 6) is 1.35. The molecule has 0 heterocycles. The van der Waals surface area contributed by atoms with Crippen LogP contribution >= 0.6 is 15.9 Å². The summed E-state index contributed by atoms with van der Waals surface area (Å²) in [4.78, 5) is 12.6. The highest BCUT2D eigenvalue weighted by molar-refractivity contribution is 9.10. The lowest BCUT2D eigenvalue weighted by atomic mass is 10.2. The van der Waals surface area contributed by atoms with Gasteiger partial charge in [0.15, 0.2) is 0 Å². The number of hydrogen-bond donors (Lipinski definition) is 1. The molecule has 0 aliphatic rings. The summed E-state index contributed by atoms with van der Waals surface area (Å²) in [5.41, 5.74) is 1.29. The number of anilines is 1. The normalized spacial score (nSPS) is 10.5. The van der Waals surface area contributed by atoms with E-state index < -0.39 is 0 Å². The Hall–Kier alpha value is -2.01. The van der Waals surface area contributed by atoms with Crippen LogP contribution < -0.4 is 14.8 Å². The predicted octanol–water partition coefficient (Wildman–Crippen LogP) is 6.84. The molecule has 0 atom stereocenters. The van der Waals surface area contributed by atoms with Gasteiger partial charge in [-0.05, 0) is 59.1 Å². The maximum absolute atomic E-state index is 12.6. The second-order valence-electron chi connectivity index (χ2n) is 6.74. The Morgan fingerprint density at radius 1 is 0.929 bits per heavy atom. The van der Waals surface area contributed by atoms with Crippen LogP contribution in [0.4, 0.5) is 5.69 Å². The van der Waals surface area contributed by atoms with Crippen LogP contribution in [0.25, 0.3) is 0 Å². The van der Waals surface area contributed by atoms with E-state index in [0.29, 0.717) is 18.8 Å². The number of benzene rings is 2. The Kier molecular flexibility index (Phi) is 9.91. The lowest BCUT2D eigenvalue weighted by Gasteiger charge is -2.11. The van der Waals surface area contributed by atoms with Crippen LogP contribution in [0.5, 0.6) is 11.5 Å². The number of rotatable bonds is 12. The molecular weight excluding hydrogens is 418 g/mol. The largest absolute Gasteiger partial charge is 0.494 e. The van der Waals surface area contributed by atoms with Crippen molar-refractivity contribution in [3.8, 4) is 11.5 Å². The van der Waals surface area contributed by atoms with Crippen molar-refractivity contribution in [3.05, 3.63) is 52.5 Å². The first-order valence-corrected chi connectivity index (χ1v) is 10.9. The van der Waals surface area contributed by atoms with Crippen LogP contribution in [0.3, 0.4) is 0 Å². The predicted molar refractivity (Wildman–Crippen MR) is 119 cm³/mol. The molecule has 2 aromatic carbocycles. The molecule has 0 spiro atoms. The number of nitrogens with one attached hydrogen (secondary N) is 1. The highest BCUT2D eigenvalue weighted by Gasteiger charge is 2.10. The third-order valence-electron chi connectivity index (χ3n) is 4.26. The van der Waals surface area contributed by atoms with E-state index in [9.17, 15) is 4.79 Å². The summed E-state index contributed by atoms with van der Waals surface area (Å²) in [7, 11) is 0. The number of amides is 1. The average Bonchev–Trinajstić information content (AvgIpc) is 2.70. The molecule has 152 valence electrons. The molecule has 0 saturated heterocycles. The molecular formula is C23H30BrNO3. The molecule has 0 aliphatic carbocycles. The number of carbonyl (C=O) groups excluding carboxylic acids is 1. The molecule has 28 heavy (non-hydrogen) atoms. The second kappa shape index (κ2) is 12.4. The van der Waals surface area contributed by atoms with Crippen molar-refractivity contribution in [1.29, 1.82) is 0 Å². The Bertz CT molecular complexity index is 748. The molecule has 4 nitrogen and oxygen atoms in total. The van der Waals surface area contributed by atoms with Crippen molar-refractivity contribution < 1.29 is 14.3 Å². The molecule has 0 unspecified atom stereocenters. The summed E-state index contributed by atoms with van der Waals surface area (Å²) >= 11 is 3.47. The van der Waals surface area contributed by atoms with Crippen LogP contribution in [0, 0.1) is 0 Å². The van der Waals surface area contributed by atoms with Gasteiger partial charge in [-0.3, -0.25) is 4.79 Å². The van der Waals surface area contributed by atoms with Gasteiger partial charge in [0.25, 0.3) is 5.91 Å². The van der Waals surface area contributed by atoms with Gasteiger partial charge in [-0.2, -0.15) is 0 Å². The summed E-state index contributed by atoms with van der Waals surface area (Å²) in [5, 5.41) is 2.93. The molecule has 2 aromatic rings. The van der Waals surface area contributed by atoms with Crippen molar-refractivity contribution in [2.75, 3.05) is 18.5 Å². The molecule has 1 amide bonds. The number of hydrogen-bond acceptors (Lipinski definition) is 3. The summed E-state index contributed by atoms with van der Waals surface area (Å²) in [6, 6.07) is 12.9. The number of ether oxygens (including phenoxy) is 2. The Labute approximate surface area is 176 Å². The summed E-state index contributed by atoms with van der Waals surface area (Å²) in [6.45, 7) is 5.62. The smallest absolute Gasteiger partial charge is 0.255 e. The van der Waals surface area contributed by atoms with E-state index in [1.165, 1.54) is 25.7 Å².